The van der Waals surface area contributed by atoms with E-state index in [0.29, 0.717) is 5.92 Å². The maximum Gasteiger partial charge on any atom is 0.0552 e. The average Bonchev–Trinajstić information content (AvgIpc) is 2.71. The molecule has 2 rings (SSSR count). The van der Waals surface area contributed by atoms with E-state index in [4.69, 9.17) is 11.6 Å². The van der Waals surface area contributed by atoms with Gasteiger partial charge in [-0.25, -0.2) is 0 Å². The predicted octanol–water partition coefficient (Wildman–Crippen LogP) is 2.85. The second kappa shape index (κ2) is 5.38. The lowest BCUT2D eigenvalue weighted by molar-refractivity contribution is 0.127. The quantitative estimate of drug-likeness (QED) is 0.896. The molecule has 1 heterocycles. The molecule has 2 nitrogen and oxygen atoms in total. The van der Waals surface area contributed by atoms with Crippen molar-refractivity contribution in [1.29, 1.82) is 0 Å². The molecule has 0 saturated carbocycles. The minimum Gasteiger partial charge on any atom is -0.393 e. The highest BCUT2D eigenvalue weighted by atomic mass is 35.5. The zero-order chi connectivity index (χ0) is 12.4. The highest BCUT2D eigenvalue weighted by molar-refractivity contribution is 6.31. The van der Waals surface area contributed by atoms with Crippen LogP contribution in [0.25, 0.3) is 0 Å². The van der Waals surface area contributed by atoms with E-state index in [1.54, 1.807) is 0 Å². The molecule has 17 heavy (non-hydrogen) atoms. The van der Waals surface area contributed by atoms with Gasteiger partial charge in [0.15, 0.2) is 0 Å². The maximum absolute atomic E-state index is 9.57. The number of likely N-dealkylation sites (tertiary alicyclic amines) is 1. The smallest absolute Gasteiger partial charge is 0.0552 e. The van der Waals surface area contributed by atoms with Gasteiger partial charge in [-0.1, -0.05) is 23.7 Å². The third kappa shape index (κ3) is 3.21. The maximum atomic E-state index is 9.57. The van der Waals surface area contributed by atoms with E-state index < -0.39 is 0 Å². The van der Waals surface area contributed by atoms with E-state index in [0.717, 1.165) is 31.1 Å². The molecule has 0 aromatic heterocycles. The summed E-state index contributed by atoms with van der Waals surface area (Å²) >= 11 is 6.23. The average molecular weight is 254 g/mol. The third-order valence-corrected chi connectivity index (χ3v) is 3.95. The van der Waals surface area contributed by atoms with Crippen molar-refractivity contribution in [3.63, 3.8) is 0 Å². The molecule has 2 atom stereocenters. The minimum absolute atomic E-state index is 0.200. The van der Waals surface area contributed by atoms with Gasteiger partial charge in [-0.2, -0.15) is 0 Å². The monoisotopic (exact) mass is 253 g/mol. The van der Waals surface area contributed by atoms with Gasteiger partial charge in [0.25, 0.3) is 0 Å². The van der Waals surface area contributed by atoms with Crippen molar-refractivity contribution in [2.45, 2.75) is 32.9 Å². The van der Waals surface area contributed by atoms with E-state index in [1.807, 2.05) is 13.0 Å². The predicted molar refractivity (Wildman–Crippen MR) is 71.3 cm³/mol. The number of nitrogens with zero attached hydrogens (tertiary/aromatic N) is 1. The van der Waals surface area contributed by atoms with Crippen LogP contribution in [0.1, 0.15) is 24.5 Å². The standard InChI is InChI=1S/C14H20ClNO/c1-10-3-4-13(14(15)7-10)9-16-6-5-12(8-16)11(2)17/h3-4,7,11-12,17H,5-6,8-9H2,1-2H3. The number of halogens is 1. The number of aryl methyl sites for hydroxylation is 1. The van der Waals surface area contributed by atoms with Crippen molar-refractivity contribution >= 4 is 11.6 Å². The summed E-state index contributed by atoms with van der Waals surface area (Å²) in [4.78, 5) is 2.37. The largest absolute Gasteiger partial charge is 0.393 e. The van der Waals surface area contributed by atoms with Crippen molar-refractivity contribution in [2.75, 3.05) is 13.1 Å². The Morgan fingerprint density at radius 2 is 2.29 bits per heavy atom. The molecule has 3 heteroatoms. The fraction of sp³-hybridized carbons (Fsp3) is 0.571. The zero-order valence-electron chi connectivity index (χ0n) is 10.5. The Balaban J connectivity index is 1.98. The number of hydrogen-bond donors (Lipinski definition) is 1. The molecule has 1 saturated heterocycles. The zero-order valence-corrected chi connectivity index (χ0v) is 11.2. The van der Waals surface area contributed by atoms with Gasteiger partial charge < -0.3 is 5.11 Å². The second-order valence-corrected chi connectivity index (χ2v) is 5.53. The Labute approximate surface area is 108 Å². The molecule has 1 aromatic rings. The van der Waals surface area contributed by atoms with Crippen LogP contribution in [0.15, 0.2) is 18.2 Å². The first-order valence-electron chi connectivity index (χ1n) is 6.21. The van der Waals surface area contributed by atoms with Crippen molar-refractivity contribution in [2.24, 2.45) is 5.92 Å². The first-order valence-corrected chi connectivity index (χ1v) is 6.59. The molecular weight excluding hydrogens is 234 g/mol. The van der Waals surface area contributed by atoms with Crippen LogP contribution in [0.5, 0.6) is 0 Å². The molecule has 1 aromatic carbocycles. The molecule has 0 radical (unpaired) electrons. The summed E-state index contributed by atoms with van der Waals surface area (Å²) in [6.07, 6.45) is 0.884. The van der Waals surface area contributed by atoms with Gasteiger partial charge in [-0.15, -0.1) is 0 Å². The molecule has 0 spiro atoms. The van der Waals surface area contributed by atoms with E-state index in [2.05, 4.69) is 24.0 Å². The molecular formula is C14H20ClNO. The summed E-state index contributed by atoms with van der Waals surface area (Å²) in [6, 6.07) is 6.22. The highest BCUT2D eigenvalue weighted by Crippen LogP contribution is 2.24. The van der Waals surface area contributed by atoms with Crippen LogP contribution in [0.4, 0.5) is 0 Å². The number of hydrogen-bond acceptors (Lipinski definition) is 2. The first kappa shape index (κ1) is 12.9. The van der Waals surface area contributed by atoms with Gasteiger partial charge in [0, 0.05) is 18.1 Å². The van der Waals surface area contributed by atoms with Crippen LogP contribution in [0.2, 0.25) is 5.02 Å². The van der Waals surface area contributed by atoms with Crippen LogP contribution in [-0.2, 0) is 6.54 Å². The van der Waals surface area contributed by atoms with Gasteiger partial charge >= 0.3 is 0 Å². The van der Waals surface area contributed by atoms with E-state index in [-0.39, 0.29) is 6.10 Å². The molecule has 2 unspecified atom stereocenters. The lowest BCUT2D eigenvalue weighted by Crippen LogP contribution is -2.24. The summed E-state index contributed by atoms with van der Waals surface area (Å²) in [5.41, 5.74) is 2.38. The summed E-state index contributed by atoms with van der Waals surface area (Å²) < 4.78 is 0. The Morgan fingerprint density at radius 3 is 2.88 bits per heavy atom. The van der Waals surface area contributed by atoms with Crippen LogP contribution in [0, 0.1) is 12.8 Å². The fourth-order valence-corrected chi connectivity index (χ4v) is 2.72. The first-order chi connectivity index (χ1) is 8.06. The van der Waals surface area contributed by atoms with Gasteiger partial charge in [0.1, 0.15) is 0 Å². The Bertz CT molecular complexity index is 392. The number of benzene rings is 1. The lowest BCUT2D eigenvalue weighted by Gasteiger charge is -2.18. The highest BCUT2D eigenvalue weighted by Gasteiger charge is 2.26. The molecule has 1 aliphatic heterocycles. The number of aliphatic hydroxyl groups is 1. The van der Waals surface area contributed by atoms with Crippen LogP contribution >= 0.6 is 11.6 Å². The third-order valence-electron chi connectivity index (χ3n) is 3.59. The van der Waals surface area contributed by atoms with Crippen molar-refractivity contribution < 1.29 is 5.11 Å². The van der Waals surface area contributed by atoms with Gasteiger partial charge in [-0.05, 0) is 49.9 Å². The molecule has 94 valence electrons. The van der Waals surface area contributed by atoms with E-state index in [1.165, 1.54) is 11.1 Å². The summed E-state index contributed by atoms with van der Waals surface area (Å²) in [5.74, 6) is 0.416. The van der Waals surface area contributed by atoms with Gasteiger partial charge in [0.2, 0.25) is 0 Å². The minimum atomic E-state index is -0.200. The van der Waals surface area contributed by atoms with Crippen molar-refractivity contribution in [3.05, 3.63) is 34.3 Å². The van der Waals surface area contributed by atoms with Crippen molar-refractivity contribution in [1.82, 2.24) is 4.90 Å². The number of aliphatic hydroxyl groups excluding tert-OH is 1. The van der Waals surface area contributed by atoms with Crippen LogP contribution in [-0.4, -0.2) is 29.2 Å². The fourth-order valence-electron chi connectivity index (χ4n) is 2.42. The second-order valence-electron chi connectivity index (χ2n) is 5.12. The lowest BCUT2D eigenvalue weighted by atomic mass is 10.0. The molecule has 0 bridgehead atoms. The normalized spacial score (nSPS) is 22.9. The Hall–Kier alpha value is -0.570. The molecule has 1 fully saturated rings. The molecule has 1 N–H and O–H groups in total. The molecule has 0 amide bonds. The topological polar surface area (TPSA) is 23.5 Å². The molecule has 1 aliphatic rings. The van der Waals surface area contributed by atoms with E-state index >= 15 is 0 Å². The number of rotatable bonds is 3. The van der Waals surface area contributed by atoms with Crippen molar-refractivity contribution in [3.8, 4) is 0 Å². The van der Waals surface area contributed by atoms with Crippen LogP contribution in [0.3, 0.4) is 0 Å². The van der Waals surface area contributed by atoms with Gasteiger partial charge in [0.05, 0.1) is 6.10 Å². The van der Waals surface area contributed by atoms with E-state index in [9.17, 15) is 5.11 Å². The Kier molecular flexibility index (Phi) is 4.08. The summed E-state index contributed by atoms with van der Waals surface area (Å²) in [7, 11) is 0. The molecule has 0 aliphatic carbocycles. The Morgan fingerprint density at radius 1 is 1.53 bits per heavy atom. The van der Waals surface area contributed by atoms with Crippen LogP contribution < -0.4 is 0 Å². The SMILES string of the molecule is Cc1ccc(CN2CCC(C(C)O)C2)c(Cl)c1. The summed E-state index contributed by atoms with van der Waals surface area (Å²) in [5, 5.41) is 10.4. The van der Waals surface area contributed by atoms with Gasteiger partial charge in [-0.3, -0.25) is 4.90 Å². The summed E-state index contributed by atoms with van der Waals surface area (Å²) in [6.45, 7) is 6.85.